The molecule has 6 heteroatoms. The first kappa shape index (κ1) is 22.0. The molecule has 0 saturated carbocycles. The predicted molar refractivity (Wildman–Crippen MR) is 114 cm³/mol. The molecule has 0 spiro atoms. The van der Waals surface area contributed by atoms with E-state index in [1.807, 2.05) is 44.2 Å². The van der Waals surface area contributed by atoms with Crippen molar-refractivity contribution in [2.24, 2.45) is 0 Å². The van der Waals surface area contributed by atoms with Gasteiger partial charge in [-0.05, 0) is 78.1 Å². The molecule has 1 N–H and O–H groups in total. The van der Waals surface area contributed by atoms with Crippen molar-refractivity contribution in [2.45, 2.75) is 33.4 Å². The number of rotatable bonds is 12. The minimum atomic E-state index is 0.449. The van der Waals surface area contributed by atoms with Crippen LogP contribution in [0.5, 0.6) is 11.5 Å². The smallest absolute Gasteiger partial charge is 0.175 e. The molecule has 0 saturated heterocycles. The third-order valence-electron chi connectivity index (χ3n) is 3.84. The van der Waals surface area contributed by atoms with E-state index in [1.54, 1.807) is 0 Å². The molecule has 2 rings (SSSR count). The monoisotopic (exact) mass is 455 g/mol. The van der Waals surface area contributed by atoms with E-state index in [9.17, 15) is 0 Å². The summed E-state index contributed by atoms with van der Waals surface area (Å²) in [5.41, 5.74) is 2.19. The van der Waals surface area contributed by atoms with Crippen LogP contribution < -0.4 is 14.8 Å². The topological polar surface area (TPSA) is 39.7 Å². The molecule has 27 heavy (non-hydrogen) atoms. The Morgan fingerprint density at radius 3 is 2.48 bits per heavy atom. The number of ether oxygens (including phenoxy) is 3. The zero-order valence-corrected chi connectivity index (χ0v) is 18.2. The van der Waals surface area contributed by atoms with Crippen LogP contribution in [0.1, 0.15) is 31.4 Å². The number of halogens is 2. The first-order valence-electron chi connectivity index (χ1n) is 9.25. The minimum absolute atomic E-state index is 0.449. The fourth-order valence-corrected chi connectivity index (χ4v) is 3.27. The minimum Gasteiger partial charge on any atom is -0.490 e. The van der Waals surface area contributed by atoms with Crippen molar-refractivity contribution in [3.8, 4) is 11.5 Å². The highest BCUT2D eigenvalue weighted by Gasteiger charge is 2.12. The second-order valence-electron chi connectivity index (χ2n) is 5.98. The SMILES string of the molecule is CCOCCCNCc1cc(Br)c(OCc2ccc(Cl)cc2)c(OCC)c1. The van der Waals surface area contributed by atoms with E-state index in [-0.39, 0.29) is 0 Å². The van der Waals surface area contributed by atoms with Crippen molar-refractivity contribution < 1.29 is 14.2 Å². The zero-order valence-electron chi connectivity index (χ0n) is 15.9. The van der Waals surface area contributed by atoms with E-state index in [2.05, 4.69) is 27.3 Å². The van der Waals surface area contributed by atoms with Gasteiger partial charge in [0, 0.05) is 24.8 Å². The summed E-state index contributed by atoms with van der Waals surface area (Å²) in [5, 5.41) is 4.15. The van der Waals surface area contributed by atoms with Crippen molar-refractivity contribution in [3.05, 3.63) is 57.0 Å². The molecule has 0 aromatic heterocycles. The fraction of sp³-hybridized carbons (Fsp3) is 0.429. The molecule has 0 unspecified atom stereocenters. The number of nitrogens with one attached hydrogen (secondary N) is 1. The molecule has 0 aliphatic heterocycles. The van der Waals surface area contributed by atoms with Crippen LogP contribution in [0.4, 0.5) is 0 Å². The average molecular weight is 457 g/mol. The standard InChI is InChI=1S/C21H27BrClNO3/c1-3-25-11-5-10-24-14-17-12-19(22)21(20(13-17)26-4-2)27-15-16-6-8-18(23)9-7-16/h6-9,12-13,24H,3-5,10-11,14-15H2,1-2H3. The van der Waals surface area contributed by atoms with Crippen LogP contribution >= 0.6 is 27.5 Å². The van der Waals surface area contributed by atoms with E-state index in [4.69, 9.17) is 25.8 Å². The van der Waals surface area contributed by atoms with E-state index in [0.717, 1.165) is 54.1 Å². The zero-order chi connectivity index (χ0) is 19.5. The van der Waals surface area contributed by atoms with Gasteiger partial charge in [-0.15, -0.1) is 0 Å². The molecule has 2 aromatic carbocycles. The molecule has 148 valence electrons. The van der Waals surface area contributed by atoms with Crippen LogP contribution in [-0.2, 0) is 17.9 Å². The van der Waals surface area contributed by atoms with Gasteiger partial charge in [0.1, 0.15) is 6.61 Å². The maximum atomic E-state index is 6.02. The van der Waals surface area contributed by atoms with Gasteiger partial charge in [-0.3, -0.25) is 0 Å². The molecule has 4 nitrogen and oxygen atoms in total. The maximum absolute atomic E-state index is 6.02. The summed E-state index contributed by atoms with van der Waals surface area (Å²) in [7, 11) is 0. The maximum Gasteiger partial charge on any atom is 0.175 e. The molecular formula is C21H27BrClNO3. The third kappa shape index (κ3) is 7.70. The van der Waals surface area contributed by atoms with Crippen molar-refractivity contribution in [3.63, 3.8) is 0 Å². The predicted octanol–water partition coefficient (Wildman–Crippen LogP) is 5.60. The van der Waals surface area contributed by atoms with Gasteiger partial charge in [-0.25, -0.2) is 0 Å². The van der Waals surface area contributed by atoms with Crippen molar-refractivity contribution in [2.75, 3.05) is 26.4 Å². The van der Waals surface area contributed by atoms with Crippen molar-refractivity contribution in [1.29, 1.82) is 0 Å². The lowest BCUT2D eigenvalue weighted by Crippen LogP contribution is -2.16. The van der Waals surface area contributed by atoms with Crippen molar-refractivity contribution in [1.82, 2.24) is 5.32 Å². The molecule has 0 fully saturated rings. The molecule has 0 radical (unpaired) electrons. The Bertz CT molecular complexity index is 695. The summed E-state index contributed by atoms with van der Waals surface area (Å²) in [6.45, 7) is 8.24. The highest BCUT2D eigenvalue weighted by atomic mass is 79.9. The van der Waals surface area contributed by atoms with Gasteiger partial charge in [0.15, 0.2) is 11.5 Å². The van der Waals surface area contributed by atoms with Crippen LogP contribution in [0.25, 0.3) is 0 Å². The third-order valence-corrected chi connectivity index (χ3v) is 4.68. The Morgan fingerprint density at radius 2 is 1.78 bits per heavy atom. The molecule has 0 atom stereocenters. The number of hydrogen-bond donors (Lipinski definition) is 1. The van der Waals surface area contributed by atoms with Gasteiger partial charge in [0.25, 0.3) is 0 Å². The molecule has 2 aromatic rings. The number of hydrogen-bond acceptors (Lipinski definition) is 4. The lowest BCUT2D eigenvalue weighted by atomic mass is 10.2. The van der Waals surface area contributed by atoms with E-state index in [1.165, 1.54) is 0 Å². The van der Waals surface area contributed by atoms with Gasteiger partial charge in [0.2, 0.25) is 0 Å². The van der Waals surface area contributed by atoms with Gasteiger partial charge < -0.3 is 19.5 Å². The molecule has 0 heterocycles. The van der Waals surface area contributed by atoms with Crippen LogP contribution in [0.15, 0.2) is 40.9 Å². The Balaban J connectivity index is 1.98. The van der Waals surface area contributed by atoms with Crippen molar-refractivity contribution >= 4 is 27.5 Å². The Morgan fingerprint density at radius 1 is 1.00 bits per heavy atom. The lowest BCUT2D eigenvalue weighted by molar-refractivity contribution is 0.144. The Labute approximate surface area is 175 Å². The Hall–Kier alpha value is -1.27. The molecule has 0 bridgehead atoms. The largest absolute Gasteiger partial charge is 0.490 e. The fourth-order valence-electron chi connectivity index (χ4n) is 2.54. The van der Waals surface area contributed by atoms with E-state index in [0.29, 0.717) is 24.0 Å². The van der Waals surface area contributed by atoms with Gasteiger partial charge in [-0.2, -0.15) is 0 Å². The number of benzene rings is 2. The normalized spacial score (nSPS) is 10.8. The summed E-state index contributed by atoms with van der Waals surface area (Å²) >= 11 is 9.56. The molecule has 0 aliphatic rings. The first-order valence-corrected chi connectivity index (χ1v) is 10.4. The van der Waals surface area contributed by atoms with Gasteiger partial charge >= 0.3 is 0 Å². The van der Waals surface area contributed by atoms with Crippen LogP contribution in [0.2, 0.25) is 5.02 Å². The van der Waals surface area contributed by atoms with Crippen LogP contribution in [0, 0.1) is 0 Å². The highest BCUT2D eigenvalue weighted by molar-refractivity contribution is 9.10. The molecule has 0 aliphatic carbocycles. The summed E-state index contributed by atoms with van der Waals surface area (Å²) in [6, 6.07) is 11.7. The lowest BCUT2D eigenvalue weighted by Gasteiger charge is -2.16. The summed E-state index contributed by atoms with van der Waals surface area (Å²) in [4.78, 5) is 0. The van der Waals surface area contributed by atoms with Crippen LogP contribution in [-0.4, -0.2) is 26.4 Å². The summed E-state index contributed by atoms with van der Waals surface area (Å²) < 4.78 is 18.1. The average Bonchev–Trinajstić information content (AvgIpc) is 2.65. The Kier molecular flexibility index (Phi) is 9.98. The van der Waals surface area contributed by atoms with E-state index >= 15 is 0 Å². The van der Waals surface area contributed by atoms with E-state index < -0.39 is 0 Å². The van der Waals surface area contributed by atoms with Gasteiger partial charge in [0.05, 0.1) is 11.1 Å². The van der Waals surface area contributed by atoms with Gasteiger partial charge in [-0.1, -0.05) is 23.7 Å². The highest BCUT2D eigenvalue weighted by Crippen LogP contribution is 2.37. The molecule has 0 amide bonds. The summed E-state index contributed by atoms with van der Waals surface area (Å²) in [6.07, 6.45) is 0.996. The second-order valence-corrected chi connectivity index (χ2v) is 7.27. The first-order chi connectivity index (χ1) is 13.1. The van der Waals surface area contributed by atoms with Crippen LogP contribution in [0.3, 0.4) is 0 Å². The molecular weight excluding hydrogens is 430 g/mol. The summed E-state index contributed by atoms with van der Waals surface area (Å²) in [5.74, 6) is 1.46. The second kappa shape index (κ2) is 12.2. The quantitative estimate of drug-likeness (QED) is 0.422.